The Labute approximate surface area is 171 Å². The van der Waals surface area contributed by atoms with Crippen LogP contribution in [0.5, 0.6) is 5.75 Å². The van der Waals surface area contributed by atoms with Crippen LogP contribution in [-0.2, 0) is 16.0 Å². The van der Waals surface area contributed by atoms with Crippen LogP contribution in [0.3, 0.4) is 0 Å². The van der Waals surface area contributed by atoms with Gasteiger partial charge in [-0.25, -0.2) is 0 Å². The lowest BCUT2D eigenvalue weighted by Crippen LogP contribution is -3.14. The maximum absolute atomic E-state index is 12.8. The summed E-state index contributed by atoms with van der Waals surface area (Å²) in [5.74, 6) is 0.629. The molecule has 0 aliphatic carbocycles. The number of benzene rings is 2. The van der Waals surface area contributed by atoms with E-state index in [2.05, 4.69) is 36.5 Å². The summed E-state index contributed by atoms with van der Waals surface area (Å²) in [4.78, 5) is 14.3. The number of carbonyl (C=O) groups is 1. The number of hydrogen-bond acceptors (Lipinski definition) is 3. The van der Waals surface area contributed by atoms with Gasteiger partial charge in [-0.15, -0.1) is 0 Å². The molecule has 0 unspecified atom stereocenters. The molecule has 6 heteroatoms. The van der Waals surface area contributed by atoms with E-state index < -0.39 is 0 Å². The van der Waals surface area contributed by atoms with Gasteiger partial charge < -0.3 is 19.7 Å². The van der Waals surface area contributed by atoms with Crippen LogP contribution in [0.25, 0.3) is 0 Å². The molecule has 1 amide bonds. The zero-order valence-corrected chi connectivity index (χ0v) is 17.2. The molecular weight excluding hydrogens is 376 g/mol. The molecule has 1 fully saturated rings. The van der Waals surface area contributed by atoms with Crippen LogP contribution < -0.4 is 15.0 Å². The minimum Gasteiger partial charge on any atom is -0.496 e. The van der Waals surface area contributed by atoms with E-state index in [9.17, 15) is 4.79 Å². The second-order valence-corrected chi connectivity index (χ2v) is 7.67. The monoisotopic (exact) mass is 403 g/mol. The fourth-order valence-electron chi connectivity index (χ4n) is 3.51. The van der Waals surface area contributed by atoms with Gasteiger partial charge in [0, 0.05) is 10.6 Å². The Kier molecular flexibility index (Phi) is 7.31. The molecule has 1 atom stereocenters. The van der Waals surface area contributed by atoms with Crippen LogP contribution in [0.15, 0.2) is 42.5 Å². The highest BCUT2D eigenvalue weighted by molar-refractivity contribution is 6.30. The molecule has 0 saturated carbocycles. The summed E-state index contributed by atoms with van der Waals surface area (Å²) < 4.78 is 10.8. The van der Waals surface area contributed by atoms with Gasteiger partial charge in [-0.3, -0.25) is 4.79 Å². The molecule has 0 aromatic heterocycles. The van der Waals surface area contributed by atoms with Gasteiger partial charge in [0.1, 0.15) is 31.4 Å². The van der Waals surface area contributed by atoms with Crippen LogP contribution >= 0.6 is 11.6 Å². The van der Waals surface area contributed by atoms with Gasteiger partial charge in [0.25, 0.3) is 0 Å². The maximum atomic E-state index is 12.8. The molecule has 1 aliphatic heterocycles. The number of morpholine rings is 1. The Balaban J connectivity index is 1.73. The van der Waals surface area contributed by atoms with Crippen LogP contribution in [0, 0.1) is 6.92 Å². The van der Waals surface area contributed by atoms with E-state index in [1.54, 1.807) is 25.3 Å². The molecule has 0 bridgehead atoms. The largest absolute Gasteiger partial charge is 0.496 e. The van der Waals surface area contributed by atoms with Crippen LogP contribution in [0.2, 0.25) is 5.02 Å². The van der Waals surface area contributed by atoms with E-state index in [0.29, 0.717) is 10.8 Å². The third-order valence-corrected chi connectivity index (χ3v) is 5.34. The Morgan fingerprint density at radius 2 is 1.93 bits per heavy atom. The fraction of sp³-hybridized carbons (Fsp3) is 0.409. The number of halogens is 1. The van der Waals surface area contributed by atoms with Crippen molar-refractivity contribution in [3.05, 3.63) is 64.2 Å². The van der Waals surface area contributed by atoms with E-state index in [4.69, 9.17) is 21.1 Å². The predicted molar refractivity (Wildman–Crippen MR) is 110 cm³/mol. The normalized spacial score (nSPS) is 15.8. The highest BCUT2D eigenvalue weighted by Gasteiger charge is 2.23. The first-order valence-corrected chi connectivity index (χ1v) is 10.0. The van der Waals surface area contributed by atoms with Gasteiger partial charge in [0.2, 0.25) is 5.91 Å². The number of nitrogens with one attached hydrogen (secondary N) is 2. The molecule has 0 radical (unpaired) electrons. The summed E-state index contributed by atoms with van der Waals surface area (Å²) in [6, 6.07) is 13.7. The van der Waals surface area contributed by atoms with Crippen molar-refractivity contribution in [2.75, 3.05) is 40.0 Å². The van der Waals surface area contributed by atoms with Crippen molar-refractivity contribution in [2.24, 2.45) is 0 Å². The zero-order chi connectivity index (χ0) is 19.9. The van der Waals surface area contributed by atoms with Crippen molar-refractivity contribution in [1.29, 1.82) is 0 Å². The SMILES string of the molecule is COc1ccc(Cl)cc1CC(=O)N[C@H](C[NH+]1CCOCC1)c1ccc(C)cc1. The molecule has 28 heavy (non-hydrogen) atoms. The van der Waals surface area contributed by atoms with E-state index in [1.165, 1.54) is 10.5 Å². The standard InChI is InChI=1S/C22H27ClN2O3/c1-16-3-5-17(6-4-16)20(15-25-9-11-28-12-10-25)24-22(26)14-18-13-19(23)7-8-21(18)27-2/h3-8,13,20H,9-12,14-15H2,1-2H3,(H,24,26)/p+1/t20-/m1/s1. The first kappa shape index (κ1) is 20.6. The summed E-state index contributed by atoms with van der Waals surface area (Å²) >= 11 is 6.10. The minimum absolute atomic E-state index is 0.0428. The van der Waals surface area contributed by atoms with E-state index in [0.717, 1.165) is 44.0 Å². The molecule has 3 rings (SSSR count). The molecular formula is C22H28ClN2O3+. The second-order valence-electron chi connectivity index (χ2n) is 7.23. The Bertz CT molecular complexity index is 789. The highest BCUT2D eigenvalue weighted by Crippen LogP contribution is 2.23. The van der Waals surface area contributed by atoms with Gasteiger partial charge in [-0.05, 0) is 30.7 Å². The number of carbonyl (C=O) groups excluding carboxylic acids is 1. The van der Waals surface area contributed by atoms with Gasteiger partial charge in [-0.1, -0.05) is 41.4 Å². The van der Waals surface area contributed by atoms with Crippen molar-refractivity contribution in [3.63, 3.8) is 0 Å². The lowest BCUT2D eigenvalue weighted by molar-refractivity contribution is -0.909. The van der Waals surface area contributed by atoms with Crippen molar-refractivity contribution in [2.45, 2.75) is 19.4 Å². The minimum atomic E-state index is -0.0496. The van der Waals surface area contributed by atoms with Gasteiger partial charge >= 0.3 is 0 Å². The van der Waals surface area contributed by atoms with Crippen molar-refractivity contribution >= 4 is 17.5 Å². The average Bonchev–Trinajstić information content (AvgIpc) is 2.69. The molecule has 1 heterocycles. The second kappa shape index (κ2) is 9.92. The van der Waals surface area contributed by atoms with Crippen molar-refractivity contribution < 1.29 is 19.2 Å². The molecule has 2 N–H and O–H groups in total. The van der Waals surface area contributed by atoms with Crippen LogP contribution in [0.4, 0.5) is 0 Å². The summed E-state index contributed by atoms with van der Waals surface area (Å²) in [5, 5.41) is 3.81. The maximum Gasteiger partial charge on any atom is 0.225 e. The third kappa shape index (κ3) is 5.71. The molecule has 2 aromatic carbocycles. The number of quaternary nitrogens is 1. The summed E-state index contributed by atoms with van der Waals surface area (Å²) in [6.07, 6.45) is 0.227. The van der Waals surface area contributed by atoms with Crippen LogP contribution in [0.1, 0.15) is 22.7 Å². The molecule has 2 aromatic rings. The average molecular weight is 404 g/mol. The topological polar surface area (TPSA) is 52.0 Å². The highest BCUT2D eigenvalue weighted by atomic mass is 35.5. The molecule has 0 spiro atoms. The van der Waals surface area contributed by atoms with Crippen molar-refractivity contribution in [1.82, 2.24) is 5.32 Å². The first-order chi connectivity index (χ1) is 13.5. The number of amides is 1. The quantitative estimate of drug-likeness (QED) is 0.743. The lowest BCUT2D eigenvalue weighted by Gasteiger charge is -2.28. The Morgan fingerprint density at radius 3 is 2.61 bits per heavy atom. The van der Waals surface area contributed by atoms with Gasteiger partial charge in [-0.2, -0.15) is 0 Å². The predicted octanol–water partition coefficient (Wildman–Crippen LogP) is 1.97. The number of ether oxygens (including phenoxy) is 2. The molecule has 150 valence electrons. The summed E-state index contributed by atoms with van der Waals surface area (Å²) in [7, 11) is 1.60. The lowest BCUT2D eigenvalue weighted by atomic mass is 10.0. The summed E-state index contributed by atoms with van der Waals surface area (Å²) in [6.45, 7) is 6.36. The van der Waals surface area contributed by atoms with Crippen LogP contribution in [-0.4, -0.2) is 45.9 Å². The van der Waals surface area contributed by atoms with Gasteiger partial charge in [0.15, 0.2) is 0 Å². The van der Waals surface area contributed by atoms with E-state index in [-0.39, 0.29) is 18.4 Å². The van der Waals surface area contributed by atoms with Gasteiger partial charge in [0.05, 0.1) is 26.7 Å². The third-order valence-electron chi connectivity index (χ3n) is 5.10. The fourth-order valence-corrected chi connectivity index (χ4v) is 3.70. The van der Waals surface area contributed by atoms with E-state index >= 15 is 0 Å². The van der Waals surface area contributed by atoms with Crippen molar-refractivity contribution in [3.8, 4) is 5.75 Å². The number of hydrogen-bond donors (Lipinski definition) is 2. The van der Waals surface area contributed by atoms with E-state index in [1.807, 2.05) is 0 Å². The smallest absolute Gasteiger partial charge is 0.225 e. The molecule has 1 aliphatic rings. The number of rotatable bonds is 7. The Hall–Kier alpha value is -2.08. The molecule has 1 saturated heterocycles. The zero-order valence-electron chi connectivity index (χ0n) is 16.5. The molecule has 5 nitrogen and oxygen atoms in total. The first-order valence-electron chi connectivity index (χ1n) is 9.65. The summed E-state index contributed by atoms with van der Waals surface area (Å²) in [5.41, 5.74) is 3.11. The number of methoxy groups -OCH3 is 1. The number of aryl methyl sites for hydroxylation is 1. The Morgan fingerprint density at radius 1 is 1.21 bits per heavy atom.